The van der Waals surface area contributed by atoms with Crippen molar-refractivity contribution in [1.82, 2.24) is 4.90 Å². The summed E-state index contributed by atoms with van der Waals surface area (Å²) in [5.41, 5.74) is -0.00958. The van der Waals surface area contributed by atoms with Gasteiger partial charge in [-0.1, -0.05) is 13.8 Å². The van der Waals surface area contributed by atoms with Gasteiger partial charge in [0.25, 0.3) is 0 Å². The quantitative estimate of drug-likeness (QED) is 0.585. The van der Waals surface area contributed by atoms with E-state index in [0.29, 0.717) is 13.1 Å². The van der Waals surface area contributed by atoms with Gasteiger partial charge in [-0.15, -0.1) is 0 Å². The Balaban J connectivity index is 2.00. The van der Waals surface area contributed by atoms with Crippen LogP contribution in [-0.4, -0.2) is 41.4 Å². The highest BCUT2D eigenvalue weighted by atomic mass is 16.5. The van der Waals surface area contributed by atoms with Crippen molar-refractivity contribution in [2.75, 3.05) is 19.7 Å². The molecule has 0 aliphatic carbocycles. The number of nitrogens with zero attached hydrogens (tertiary/aromatic N) is 1. The number of carbonyl (C=O) groups is 1. The minimum atomic E-state index is -0.841. The summed E-state index contributed by atoms with van der Waals surface area (Å²) in [6.45, 7) is 6.07. The van der Waals surface area contributed by atoms with Crippen molar-refractivity contribution < 1.29 is 14.6 Å². The lowest BCUT2D eigenvalue weighted by Crippen LogP contribution is -2.77. The van der Waals surface area contributed by atoms with E-state index in [1.54, 1.807) is 0 Å². The van der Waals surface area contributed by atoms with Gasteiger partial charge in [0.15, 0.2) is 0 Å². The van der Waals surface area contributed by atoms with Gasteiger partial charge in [0.2, 0.25) is 0 Å². The predicted molar refractivity (Wildman–Crippen MR) is 42.1 cm³/mol. The number of likely N-dealkylation sites (tertiary alicyclic amines) is 1. The number of hydrogen-bond donors (Lipinski definition) is 1. The van der Waals surface area contributed by atoms with Crippen LogP contribution in [0, 0.1) is 5.41 Å². The molecule has 0 atom stereocenters. The number of ether oxygens (including phenoxy) is 1. The lowest BCUT2D eigenvalue weighted by atomic mass is 9.66. The first-order valence-corrected chi connectivity index (χ1v) is 4.09. The monoisotopic (exact) mass is 171 g/mol. The maximum atomic E-state index is 10.5. The second-order valence-electron chi connectivity index (χ2n) is 4.31. The molecule has 4 heteroatoms. The third-order valence-electron chi connectivity index (χ3n) is 3.11. The zero-order valence-corrected chi connectivity index (χ0v) is 7.33. The molecule has 4 nitrogen and oxygen atoms in total. The van der Waals surface area contributed by atoms with Gasteiger partial charge in [-0.25, -0.2) is 4.79 Å². The first-order valence-electron chi connectivity index (χ1n) is 4.09. The van der Waals surface area contributed by atoms with E-state index < -0.39 is 6.09 Å². The molecule has 1 N–H and O–H groups in total. The first kappa shape index (κ1) is 7.86. The fraction of sp³-hybridized carbons (Fsp3) is 0.875. The number of carboxylic acid groups (broad SMARTS) is 1. The van der Waals surface area contributed by atoms with Crippen LogP contribution in [0.2, 0.25) is 0 Å². The van der Waals surface area contributed by atoms with Crippen LogP contribution >= 0.6 is 0 Å². The molecule has 0 unspecified atom stereocenters. The van der Waals surface area contributed by atoms with Crippen LogP contribution in [-0.2, 0) is 4.74 Å². The van der Waals surface area contributed by atoms with Gasteiger partial charge in [-0.2, -0.15) is 0 Å². The Morgan fingerprint density at radius 3 is 2.33 bits per heavy atom. The molecular weight excluding hydrogens is 158 g/mol. The van der Waals surface area contributed by atoms with Crippen LogP contribution in [0.5, 0.6) is 0 Å². The molecule has 0 aromatic rings. The summed E-state index contributed by atoms with van der Waals surface area (Å²) >= 11 is 0. The highest BCUT2D eigenvalue weighted by Gasteiger charge is 2.62. The van der Waals surface area contributed by atoms with Crippen molar-refractivity contribution in [2.45, 2.75) is 19.4 Å². The summed E-state index contributed by atoms with van der Waals surface area (Å²) in [6, 6.07) is 0. The molecule has 2 heterocycles. The molecule has 68 valence electrons. The summed E-state index contributed by atoms with van der Waals surface area (Å²) in [6.07, 6.45) is -0.841. The molecule has 2 rings (SSSR count). The van der Waals surface area contributed by atoms with E-state index >= 15 is 0 Å². The average molecular weight is 171 g/mol. The van der Waals surface area contributed by atoms with Gasteiger partial charge in [-0.3, -0.25) is 0 Å². The Labute approximate surface area is 71.1 Å². The van der Waals surface area contributed by atoms with Crippen molar-refractivity contribution in [3.05, 3.63) is 0 Å². The highest BCUT2D eigenvalue weighted by Crippen LogP contribution is 2.49. The number of amides is 1. The van der Waals surface area contributed by atoms with E-state index in [9.17, 15) is 4.79 Å². The molecule has 2 aliphatic rings. The van der Waals surface area contributed by atoms with Crippen LogP contribution in [0.25, 0.3) is 0 Å². The van der Waals surface area contributed by atoms with Crippen molar-refractivity contribution in [3.63, 3.8) is 0 Å². The number of rotatable bonds is 0. The van der Waals surface area contributed by atoms with Crippen LogP contribution in [0.3, 0.4) is 0 Å². The molecular formula is C8H13NO3. The standard InChI is InChI=1S/C8H13NO3/c1-7(2)5-12-8(7)3-9(4-8)6(10)11/h3-5H2,1-2H3,(H,10,11). The second kappa shape index (κ2) is 1.93. The molecule has 0 bridgehead atoms. The average Bonchev–Trinajstić information content (AvgIpc) is 1.81. The normalized spacial score (nSPS) is 29.3. The summed E-state index contributed by atoms with van der Waals surface area (Å²) in [4.78, 5) is 11.9. The lowest BCUT2D eigenvalue weighted by Gasteiger charge is -2.63. The molecule has 2 saturated heterocycles. The molecule has 12 heavy (non-hydrogen) atoms. The van der Waals surface area contributed by atoms with Crippen molar-refractivity contribution in [2.24, 2.45) is 5.41 Å². The number of hydrogen-bond acceptors (Lipinski definition) is 2. The van der Waals surface area contributed by atoms with E-state index in [1.807, 2.05) is 0 Å². The van der Waals surface area contributed by atoms with Crippen LogP contribution in [0.15, 0.2) is 0 Å². The largest absolute Gasteiger partial charge is 0.465 e. The summed E-state index contributed by atoms with van der Waals surface area (Å²) < 4.78 is 5.44. The lowest BCUT2D eigenvalue weighted by molar-refractivity contribution is -0.299. The van der Waals surface area contributed by atoms with Crippen molar-refractivity contribution in [1.29, 1.82) is 0 Å². The zero-order valence-electron chi connectivity index (χ0n) is 7.33. The molecule has 1 spiro atoms. The Bertz CT molecular complexity index is 230. The van der Waals surface area contributed by atoms with E-state index in [0.717, 1.165) is 6.61 Å². The molecule has 2 fully saturated rings. The molecule has 0 saturated carbocycles. The fourth-order valence-electron chi connectivity index (χ4n) is 1.79. The minimum absolute atomic E-state index is 0.152. The van der Waals surface area contributed by atoms with Gasteiger partial charge >= 0.3 is 6.09 Å². The first-order chi connectivity index (χ1) is 5.47. The zero-order chi connectivity index (χ0) is 8.98. The Hall–Kier alpha value is -0.770. The van der Waals surface area contributed by atoms with Gasteiger partial charge in [-0.05, 0) is 0 Å². The minimum Gasteiger partial charge on any atom is -0.465 e. The molecule has 0 radical (unpaired) electrons. The topological polar surface area (TPSA) is 49.8 Å². The van der Waals surface area contributed by atoms with E-state index in [-0.39, 0.29) is 11.0 Å². The molecule has 0 aromatic carbocycles. The maximum Gasteiger partial charge on any atom is 0.407 e. The summed E-state index contributed by atoms with van der Waals surface area (Å²) in [5.74, 6) is 0. The molecule has 2 aliphatic heterocycles. The van der Waals surface area contributed by atoms with Gasteiger partial charge in [0.05, 0.1) is 19.7 Å². The van der Waals surface area contributed by atoms with Gasteiger partial charge < -0.3 is 14.7 Å². The maximum absolute atomic E-state index is 10.5. The van der Waals surface area contributed by atoms with Crippen molar-refractivity contribution >= 4 is 6.09 Å². The van der Waals surface area contributed by atoms with E-state index in [2.05, 4.69) is 13.8 Å². The van der Waals surface area contributed by atoms with Crippen LogP contribution in [0.4, 0.5) is 4.79 Å². The highest BCUT2D eigenvalue weighted by molar-refractivity contribution is 5.67. The van der Waals surface area contributed by atoms with Crippen LogP contribution in [0.1, 0.15) is 13.8 Å². The predicted octanol–water partition coefficient (Wildman–Crippen LogP) is 0.775. The Kier molecular flexibility index (Phi) is 1.27. The van der Waals surface area contributed by atoms with E-state index in [4.69, 9.17) is 9.84 Å². The van der Waals surface area contributed by atoms with Crippen molar-refractivity contribution in [3.8, 4) is 0 Å². The van der Waals surface area contributed by atoms with Crippen LogP contribution < -0.4 is 0 Å². The van der Waals surface area contributed by atoms with Gasteiger partial charge in [0.1, 0.15) is 5.60 Å². The Morgan fingerprint density at radius 1 is 1.50 bits per heavy atom. The third kappa shape index (κ3) is 0.732. The Morgan fingerprint density at radius 2 is 2.08 bits per heavy atom. The fourth-order valence-corrected chi connectivity index (χ4v) is 1.79. The van der Waals surface area contributed by atoms with Gasteiger partial charge in [0, 0.05) is 5.41 Å². The summed E-state index contributed by atoms with van der Waals surface area (Å²) in [7, 11) is 0. The molecule has 0 aromatic heterocycles. The molecule has 1 amide bonds. The van der Waals surface area contributed by atoms with E-state index in [1.165, 1.54) is 4.90 Å². The third-order valence-corrected chi connectivity index (χ3v) is 3.11. The smallest absolute Gasteiger partial charge is 0.407 e. The summed E-state index contributed by atoms with van der Waals surface area (Å²) in [5, 5.41) is 8.63. The SMILES string of the molecule is CC1(C)COC12CN(C(=O)O)C2. The second-order valence-corrected chi connectivity index (χ2v) is 4.31.